The van der Waals surface area contributed by atoms with Crippen molar-refractivity contribution >= 4 is 22.5 Å². The van der Waals surface area contributed by atoms with Crippen molar-refractivity contribution in [2.45, 2.75) is 6.92 Å². The summed E-state index contributed by atoms with van der Waals surface area (Å²) in [5.41, 5.74) is 2.40. The number of rotatable bonds is 3. The van der Waals surface area contributed by atoms with Crippen molar-refractivity contribution in [1.82, 2.24) is 9.78 Å². The predicted molar refractivity (Wildman–Crippen MR) is 100 cm³/mol. The molecule has 0 saturated heterocycles. The third-order valence-electron chi connectivity index (χ3n) is 4.11. The molecule has 0 unspecified atom stereocenters. The zero-order valence-electron chi connectivity index (χ0n) is 13.8. The van der Waals surface area contributed by atoms with Crippen molar-refractivity contribution in [3.8, 4) is 5.69 Å². The molecule has 0 bridgehead atoms. The molecule has 0 aliphatic heterocycles. The Balaban J connectivity index is 1.72. The highest BCUT2D eigenvalue weighted by atomic mass is 16.1. The van der Waals surface area contributed by atoms with E-state index in [1.165, 1.54) is 0 Å². The minimum absolute atomic E-state index is 0.145. The first-order chi connectivity index (χ1) is 12.2. The summed E-state index contributed by atoms with van der Waals surface area (Å²) < 4.78 is 1.75. The smallest absolute Gasteiger partial charge is 0.257 e. The van der Waals surface area contributed by atoms with E-state index in [2.05, 4.69) is 10.4 Å². The van der Waals surface area contributed by atoms with E-state index in [9.17, 15) is 4.79 Å². The highest BCUT2D eigenvalue weighted by Gasteiger charge is 2.14. The lowest BCUT2D eigenvalue weighted by atomic mass is 10.0. The fourth-order valence-corrected chi connectivity index (χ4v) is 2.96. The Morgan fingerprint density at radius 2 is 1.64 bits per heavy atom. The summed E-state index contributed by atoms with van der Waals surface area (Å²) in [6, 6.07) is 25.3. The largest absolute Gasteiger partial charge is 0.306 e. The highest BCUT2D eigenvalue weighted by molar-refractivity contribution is 6.12. The standard InChI is InChI=1S/C21H17N3O/c1-15-14-20(24(23-15)17-10-3-2-4-11-17)22-21(25)19-13-7-9-16-8-5-6-12-18(16)19/h2-14H,1H3,(H,22,25). The Morgan fingerprint density at radius 1 is 0.920 bits per heavy atom. The van der Waals surface area contributed by atoms with Crippen LogP contribution >= 0.6 is 0 Å². The van der Waals surface area contributed by atoms with Crippen LogP contribution in [0, 0.1) is 6.92 Å². The Kier molecular flexibility index (Phi) is 3.78. The number of hydrogen-bond acceptors (Lipinski definition) is 2. The van der Waals surface area contributed by atoms with E-state index < -0.39 is 0 Å². The number of amides is 1. The molecule has 0 aliphatic rings. The molecule has 4 nitrogen and oxygen atoms in total. The van der Waals surface area contributed by atoms with E-state index in [4.69, 9.17) is 0 Å². The summed E-state index contributed by atoms with van der Waals surface area (Å²) in [5, 5.41) is 9.47. The second kappa shape index (κ2) is 6.24. The number of aromatic nitrogens is 2. The van der Waals surface area contributed by atoms with Gasteiger partial charge in [0.25, 0.3) is 5.91 Å². The lowest BCUT2D eigenvalue weighted by Crippen LogP contribution is -2.15. The van der Waals surface area contributed by atoms with Crippen LogP contribution in [0.15, 0.2) is 78.9 Å². The van der Waals surface area contributed by atoms with Crippen LogP contribution in [-0.2, 0) is 0 Å². The first kappa shape index (κ1) is 15.1. The summed E-state index contributed by atoms with van der Waals surface area (Å²) >= 11 is 0. The molecule has 1 heterocycles. The zero-order valence-corrected chi connectivity index (χ0v) is 13.8. The maximum absolute atomic E-state index is 12.9. The monoisotopic (exact) mass is 327 g/mol. The molecule has 1 N–H and O–H groups in total. The summed E-state index contributed by atoms with van der Waals surface area (Å²) in [7, 11) is 0. The first-order valence-electron chi connectivity index (χ1n) is 8.13. The number of fused-ring (bicyclic) bond motifs is 1. The second-order valence-corrected chi connectivity index (χ2v) is 5.90. The molecule has 0 radical (unpaired) electrons. The summed E-state index contributed by atoms with van der Waals surface area (Å²) in [6.45, 7) is 1.91. The van der Waals surface area contributed by atoms with Gasteiger partial charge in [0.15, 0.2) is 0 Å². The molecule has 1 amide bonds. The number of nitrogens with one attached hydrogen (secondary N) is 1. The van der Waals surface area contributed by atoms with Gasteiger partial charge in [0, 0.05) is 11.6 Å². The minimum Gasteiger partial charge on any atom is -0.306 e. The van der Waals surface area contributed by atoms with Gasteiger partial charge in [0.05, 0.1) is 11.4 Å². The van der Waals surface area contributed by atoms with Crippen molar-refractivity contribution in [2.75, 3.05) is 5.32 Å². The average Bonchev–Trinajstić information content (AvgIpc) is 3.02. The van der Waals surface area contributed by atoms with Gasteiger partial charge in [-0.1, -0.05) is 54.6 Å². The molecule has 4 aromatic rings. The van der Waals surface area contributed by atoms with Crippen molar-refractivity contribution in [1.29, 1.82) is 0 Å². The molecule has 0 aliphatic carbocycles. The fourth-order valence-electron chi connectivity index (χ4n) is 2.96. The average molecular weight is 327 g/mol. The molecule has 3 aromatic carbocycles. The fraction of sp³-hybridized carbons (Fsp3) is 0.0476. The van der Waals surface area contributed by atoms with E-state index >= 15 is 0 Å². The zero-order chi connectivity index (χ0) is 17.2. The van der Waals surface area contributed by atoms with Crippen molar-refractivity contribution < 1.29 is 4.79 Å². The Morgan fingerprint density at radius 3 is 2.48 bits per heavy atom. The number of anilines is 1. The first-order valence-corrected chi connectivity index (χ1v) is 8.13. The third kappa shape index (κ3) is 2.90. The van der Waals surface area contributed by atoms with Crippen LogP contribution in [0.4, 0.5) is 5.82 Å². The Labute approximate surface area is 145 Å². The molecular formula is C21H17N3O. The van der Waals surface area contributed by atoms with E-state index in [0.717, 1.165) is 22.2 Å². The maximum Gasteiger partial charge on any atom is 0.257 e. The minimum atomic E-state index is -0.145. The van der Waals surface area contributed by atoms with Gasteiger partial charge in [-0.2, -0.15) is 5.10 Å². The van der Waals surface area contributed by atoms with E-state index in [0.29, 0.717) is 11.4 Å². The molecule has 0 saturated carbocycles. The number of benzene rings is 3. The lowest BCUT2D eigenvalue weighted by Gasteiger charge is -2.10. The number of aryl methyl sites for hydroxylation is 1. The number of carbonyl (C=O) groups excluding carboxylic acids is 1. The van der Waals surface area contributed by atoms with Crippen LogP contribution < -0.4 is 5.32 Å². The molecule has 0 fully saturated rings. The molecule has 4 heteroatoms. The normalized spacial score (nSPS) is 10.8. The van der Waals surface area contributed by atoms with Gasteiger partial charge < -0.3 is 5.32 Å². The van der Waals surface area contributed by atoms with Crippen LogP contribution in [0.2, 0.25) is 0 Å². The van der Waals surface area contributed by atoms with Gasteiger partial charge in [-0.15, -0.1) is 0 Å². The number of nitrogens with zero attached hydrogens (tertiary/aromatic N) is 2. The van der Waals surface area contributed by atoms with Crippen molar-refractivity contribution in [3.05, 3.63) is 90.1 Å². The van der Waals surface area contributed by atoms with Crippen molar-refractivity contribution in [2.24, 2.45) is 0 Å². The van der Waals surface area contributed by atoms with Crippen LogP contribution in [0.25, 0.3) is 16.5 Å². The van der Waals surface area contributed by atoms with Gasteiger partial charge in [0.1, 0.15) is 5.82 Å². The second-order valence-electron chi connectivity index (χ2n) is 5.90. The van der Waals surface area contributed by atoms with Gasteiger partial charge in [0.2, 0.25) is 0 Å². The Hall–Kier alpha value is -3.40. The molecule has 25 heavy (non-hydrogen) atoms. The van der Waals surface area contributed by atoms with Crippen LogP contribution in [0.1, 0.15) is 16.1 Å². The molecular weight excluding hydrogens is 310 g/mol. The lowest BCUT2D eigenvalue weighted by molar-refractivity contribution is 0.102. The van der Waals surface area contributed by atoms with Crippen LogP contribution in [0.3, 0.4) is 0 Å². The molecule has 122 valence electrons. The number of carbonyl (C=O) groups is 1. The van der Waals surface area contributed by atoms with E-state index in [1.807, 2.05) is 85.8 Å². The predicted octanol–water partition coefficient (Wildman–Crippen LogP) is 4.59. The number of hydrogen-bond donors (Lipinski definition) is 1. The van der Waals surface area contributed by atoms with Gasteiger partial charge in [-0.25, -0.2) is 4.68 Å². The topological polar surface area (TPSA) is 46.9 Å². The third-order valence-corrected chi connectivity index (χ3v) is 4.11. The number of para-hydroxylation sites is 1. The molecule has 4 rings (SSSR count). The maximum atomic E-state index is 12.9. The SMILES string of the molecule is Cc1cc(NC(=O)c2cccc3ccccc23)n(-c2ccccc2)n1. The van der Waals surface area contributed by atoms with Gasteiger partial charge >= 0.3 is 0 Å². The molecule has 0 spiro atoms. The summed E-state index contributed by atoms with van der Waals surface area (Å²) in [6.07, 6.45) is 0. The van der Waals surface area contributed by atoms with Crippen LogP contribution in [0.5, 0.6) is 0 Å². The van der Waals surface area contributed by atoms with Gasteiger partial charge in [-0.05, 0) is 35.9 Å². The highest BCUT2D eigenvalue weighted by Crippen LogP contribution is 2.21. The molecule has 0 atom stereocenters. The van der Waals surface area contributed by atoms with E-state index in [1.54, 1.807) is 4.68 Å². The summed E-state index contributed by atoms with van der Waals surface area (Å²) in [4.78, 5) is 12.9. The summed E-state index contributed by atoms with van der Waals surface area (Å²) in [5.74, 6) is 0.510. The van der Waals surface area contributed by atoms with Gasteiger partial charge in [-0.3, -0.25) is 4.79 Å². The van der Waals surface area contributed by atoms with Crippen LogP contribution in [-0.4, -0.2) is 15.7 Å². The Bertz CT molecular complexity index is 1050. The quantitative estimate of drug-likeness (QED) is 0.598. The molecule has 1 aromatic heterocycles. The van der Waals surface area contributed by atoms with E-state index in [-0.39, 0.29) is 5.91 Å². The van der Waals surface area contributed by atoms with Crippen molar-refractivity contribution in [3.63, 3.8) is 0 Å².